The predicted molar refractivity (Wildman–Crippen MR) is 87.0 cm³/mol. The van der Waals surface area contributed by atoms with Gasteiger partial charge in [0.1, 0.15) is 6.61 Å². The molecule has 2 aromatic rings. The zero-order valence-electron chi connectivity index (χ0n) is 13.1. The van der Waals surface area contributed by atoms with Crippen molar-refractivity contribution >= 4 is 5.91 Å². The molecule has 0 spiro atoms. The zero-order valence-corrected chi connectivity index (χ0v) is 13.1. The van der Waals surface area contributed by atoms with Gasteiger partial charge in [0.25, 0.3) is 0 Å². The van der Waals surface area contributed by atoms with E-state index in [1.54, 1.807) is 6.20 Å². The van der Waals surface area contributed by atoms with Gasteiger partial charge in [-0.2, -0.15) is 5.10 Å². The molecule has 23 heavy (non-hydrogen) atoms. The van der Waals surface area contributed by atoms with Crippen LogP contribution in [0.15, 0.2) is 42.7 Å². The molecular formula is C17H22N4O2. The molecular weight excluding hydrogens is 292 g/mol. The topological polar surface area (TPSA) is 70.4 Å². The number of nitrogens with one attached hydrogen (secondary N) is 1. The Morgan fingerprint density at radius 1 is 1.39 bits per heavy atom. The molecule has 122 valence electrons. The number of carbonyl (C=O) groups excluding carboxylic acids is 1. The van der Waals surface area contributed by atoms with Crippen LogP contribution in [0.1, 0.15) is 12.0 Å². The van der Waals surface area contributed by atoms with E-state index >= 15 is 0 Å². The summed E-state index contributed by atoms with van der Waals surface area (Å²) in [6, 6.07) is 10.3. The summed E-state index contributed by atoms with van der Waals surface area (Å²) in [5, 5.41) is 15.8. The van der Waals surface area contributed by atoms with Crippen molar-refractivity contribution in [1.29, 1.82) is 0 Å². The number of carbonyl (C=O) groups is 1. The minimum atomic E-state index is -0.434. The fraction of sp³-hybridized carbons (Fsp3) is 0.412. The second-order valence-electron chi connectivity index (χ2n) is 5.97. The molecule has 6 nitrogen and oxygen atoms in total. The van der Waals surface area contributed by atoms with Gasteiger partial charge >= 0.3 is 0 Å². The third-order valence-electron chi connectivity index (χ3n) is 4.19. The molecule has 1 aliphatic rings. The van der Waals surface area contributed by atoms with E-state index in [4.69, 9.17) is 5.11 Å². The lowest BCUT2D eigenvalue weighted by atomic mass is 10.1. The fourth-order valence-electron chi connectivity index (χ4n) is 3.01. The number of aromatic nitrogens is 2. The minimum Gasteiger partial charge on any atom is -0.387 e. The first-order chi connectivity index (χ1) is 11.2. The van der Waals surface area contributed by atoms with Crippen molar-refractivity contribution < 1.29 is 9.90 Å². The van der Waals surface area contributed by atoms with Gasteiger partial charge in [-0.15, -0.1) is 0 Å². The Hall–Kier alpha value is -2.18. The summed E-state index contributed by atoms with van der Waals surface area (Å²) in [4.78, 5) is 13.5. The lowest BCUT2D eigenvalue weighted by molar-refractivity contribution is -0.123. The summed E-state index contributed by atoms with van der Waals surface area (Å²) in [7, 11) is 0. The van der Waals surface area contributed by atoms with E-state index in [1.807, 2.05) is 23.0 Å². The molecule has 0 saturated carbocycles. The number of aliphatic hydroxyl groups is 1. The van der Waals surface area contributed by atoms with Gasteiger partial charge in [-0.05, 0) is 42.6 Å². The van der Waals surface area contributed by atoms with Crippen LogP contribution in [0.3, 0.4) is 0 Å². The largest absolute Gasteiger partial charge is 0.387 e. The number of nitrogens with zero attached hydrogens (tertiary/aromatic N) is 3. The summed E-state index contributed by atoms with van der Waals surface area (Å²) in [5.74, 6) is 0.162. The van der Waals surface area contributed by atoms with Gasteiger partial charge in [-0.25, -0.2) is 4.68 Å². The Kier molecular flexibility index (Phi) is 5.05. The molecule has 1 saturated heterocycles. The van der Waals surface area contributed by atoms with Crippen molar-refractivity contribution in [3.05, 3.63) is 48.3 Å². The highest BCUT2D eigenvalue weighted by Gasteiger charge is 2.22. The number of hydrogen-bond acceptors (Lipinski definition) is 4. The van der Waals surface area contributed by atoms with Crippen LogP contribution in [-0.2, 0) is 11.3 Å². The first-order valence-electron chi connectivity index (χ1n) is 7.93. The minimum absolute atomic E-state index is 0.296. The second kappa shape index (κ2) is 7.39. The van der Waals surface area contributed by atoms with Crippen molar-refractivity contribution in [2.24, 2.45) is 5.92 Å². The number of hydrogen-bond donors (Lipinski definition) is 2. The molecule has 2 N–H and O–H groups in total. The van der Waals surface area contributed by atoms with Gasteiger partial charge in [0, 0.05) is 32.0 Å². The van der Waals surface area contributed by atoms with Crippen molar-refractivity contribution in [2.75, 3.05) is 26.2 Å². The number of benzene rings is 1. The quantitative estimate of drug-likeness (QED) is 0.827. The van der Waals surface area contributed by atoms with Gasteiger partial charge in [-0.3, -0.25) is 9.69 Å². The molecule has 0 bridgehead atoms. The molecule has 6 heteroatoms. The van der Waals surface area contributed by atoms with Crippen LogP contribution in [0.5, 0.6) is 0 Å². The maximum absolute atomic E-state index is 11.1. The molecule has 0 radical (unpaired) electrons. The van der Waals surface area contributed by atoms with Crippen LogP contribution < -0.4 is 5.32 Å². The lowest BCUT2D eigenvalue weighted by Crippen LogP contribution is -2.32. The Morgan fingerprint density at radius 3 is 3.09 bits per heavy atom. The number of likely N-dealkylation sites (tertiary alicyclic amines) is 1. The maximum atomic E-state index is 11.1. The van der Waals surface area contributed by atoms with Crippen LogP contribution in [0.25, 0.3) is 5.69 Å². The van der Waals surface area contributed by atoms with Gasteiger partial charge in [0.15, 0.2) is 0 Å². The summed E-state index contributed by atoms with van der Waals surface area (Å²) < 4.78 is 1.86. The average molecular weight is 314 g/mol. The molecule has 1 aliphatic heterocycles. The molecule has 1 fully saturated rings. The number of rotatable bonds is 6. The van der Waals surface area contributed by atoms with Crippen LogP contribution in [0.2, 0.25) is 0 Å². The Bertz CT molecular complexity index is 642. The smallest absolute Gasteiger partial charge is 0.245 e. The highest BCUT2D eigenvalue weighted by atomic mass is 16.3. The summed E-state index contributed by atoms with van der Waals surface area (Å²) in [5.41, 5.74) is 2.33. The standard InChI is InChI=1S/C17H22N4O2/c22-13-17(23)18-10-15-5-8-20(12-15)11-14-3-1-4-16(9-14)21-7-2-6-19-21/h1-4,6-7,9,15,22H,5,8,10-13H2,(H,18,23)/t15-/m1/s1. The van der Waals surface area contributed by atoms with Crippen LogP contribution in [0, 0.1) is 5.92 Å². The summed E-state index contributed by atoms with van der Waals surface area (Å²) in [6.07, 6.45) is 4.79. The van der Waals surface area contributed by atoms with Crippen LogP contribution in [0.4, 0.5) is 0 Å². The monoisotopic (exact) mass is 314 g/mol. The fourth-order valence-corrected chi connectivity index (χ4v) is 3.01. The van der Waals surface area contributed by atoms with Crippen molar-refractivity contribution in [3.8, 4) is 5.69 Å². The molecule has 1 amide bonds. The molecule has 0 aliphatic carbocycles. The van der Waals surface area contributed by atoms with Crippen LogP contribution >= 0.6 is 0 Å². The van der Waals surface area contributed by atoms with E-state index in [0.29, 0.717) is 12.5 Å². The van der Waals surface area contributed by atoms with Gasteiger partial charge in [0.2, 0.25) is 5.91 Å². The van der Waals surface area contributed by atoms with Crippen molar-refractivity contribution in [1.82, 2.24) is 20.0 Å². The number of amides is 1. The van der Waals surface area contributed by atoms with Gasteiger partial charge in [0.05, 0.1) is 5.69 Å². The lowest BCUT2D eigenvalue weighted by Gasteiger charge is -2.17. The molecule has 0 unspecified atom stereocenters. The third-order valence-corrected chi connectivity index (χ3v) is 4.19. The van der Waals surface area contributed by atoms with Crippen molar-refractivity contribution in [2.45, 2.75) is 13.0 Å². The predicted octanol–water partition coefficient (Wildman–Crippen LogP) is 0.803. The molecule has 1 aromatic heterocycles. The Labute approximate surface area is 135 Å². The maximum Gasteiger partial charge on any atom is 0.245 e. The van der Waals surface area contributed by atoms with E-state index in [1.165, 1.54) is 5.56 Å². The average Bonchev–Trinajstić information content (AvgIpc) is 3.24. The number of aliphatic hydroxyl groups excluding tert-OH is 1. The Morgan fingerprint density at radius 2 is 2.30 bits per heavy atom. The first kappa shape index (κ1) is 15.7. The van der Waals surface area contributed by atoms with E-state index in [9.17, 15) is 4.79 Å². The van der Waals surface area contributed by atoms with Gasteiger partial charge < -0.3 is 10.4 Å². The normalized spacial score (nSPS) is 18.2. The molecule has 2 heterocycles. The van der Waals surface area contributed by atoms with E-state index in [2.05, 4.69) is 33.5 Å². The highest BCUT2D eigenvalue weighted by Crippen LogP contribution is 2.19. The molecule has 3 rings (SSSR count). The highest BCUT2D eigenvalue weighted by molar-refractivity contribution is 5.76. The first-order valence-corrected chi connectivity index (χ1v) is 7.93. The molecule has 1 aromatic carbocycles. The van der Waals surface area contributed by atoms with Crippen molar-refractivity contribution in [3.63, 3.8) is 0 Å². The van der Waals surface area contributed by atoms with Gasteiger partial charge in [-0.1, -0.05) is 12.1 Å². The van der Waals surface area contributed by atoms with Crippen LogP contribution in [-0.4, -0.2) is 51.9 Å². The second-order valence-corrected chi connectivity index (χ2v) is 5.97. The summed E-state index contributed by atoms with van der Waals surface area (Å²) in [6.45, 7) is 3.11. The van der Waals surface area contributed by atoms with E-state index in [0.717, 1.165) is 31.7 Å². The molecule has 1 atom stereocenters. The zero-order chi connectivity index (χ0) is 16.1. The summed E-state index contributed by atoms with van der Waals surface area (Å²) >= 11 is 0. The van der Waals surface area contributed by atoms with E-state index in [-0.39, 0.29) is 5.91 Å². The Balaban J connectivity index is 1.54. The van der Waals surface area contributed by atoms with E-state index < -0.39 is 6.61 Å². The third kappa shape index (κ3) is 4.18. The SMILES string of the molecule is O=C(CO)NC[C@H]1CCN(Cc2cccc(-n3cccn3)c2)C1.